The third kappa shape index (κ3) is 7.42. The SMILES string of the molecule is N=C(N)c1ccc(CCc2nc3cc(C(=O)N(CCN)Cc4ccccc4)ccc3n2CCCN2CCOCC2)cc1. The first kappa shape index (κ1) is 29.4. The predicted octanol–water partition coefficient (Wildman–Crippen LogP) is 3.43. The number of amides is 1. The van der Waals surface area contributed by atoms with Crippen LogP contribution in [-0.2, 0) is 30.7 Å². The van der Waals surface area contributed by atoms with Gasteiger partial charge in [0.25, 0.3) is 5.91 Å². The van der Waals surface area contributed by atoms with Gasteiger partial charge in [0.1, 0.15) is 11.7 Å². The van der Waals surface area contributed by atoms with E-state index in [0.717, 1.165) is 86.6 Å². The van der Waals surface area contributed by atoms with Crippen LogP contribution in [0.4, 0.5) is 0 Å². The Kier molecular flexibility index (Phi) is 9.97. The van der Waals surface area contributed by atoms with E-state index in [2.05, 4.69) is 9.47 Å². The Labute approximate surface area is 247 Å². The fourth-order valence-corrected chi connectivity index (χ4v) is 5.53. The van der Waals surface area contributed by atoms with Crippen LogP contribution in [0.5, 0.6) is 0 Å². The minimum atomic E-state index is -0.0415. The maximum Gasteiger partial charge on any atom is 0.254 e. The molecule has 9 heteroatoms. The summed E-state index contributed by atoms with van der Waals surface area (Å²) in [5.74, 6) is 1.04. The van der Waals surface area contributed by atoms with Gasteiger partial charge in [0.15, 0.2) is 0 Å². The highest BCUT2D eigenvalue weighted by atomic mass is 16.5. The lowest BCUT2D eigenvalue weighted by Crippen LogP contribution is -2.37. The van der Waals surface area contributed by atoms with Gasteiger partial charge in [-0.1, -0.05) is 54.6 Å². The summed E-state index contributed by atoms with van der Waals surface area (Å²) in [4.78, 5) is 22.9. The van der Waals surface area contributed by atoms with E-state index in [0.29, 0.717) is 25.2 Å². The van der Waals surface area contributed by atoms with Crippen LogP contribution in [0.1, 0.15) is 39.3 Å². The summed E-state index contributed by atoms with van der Waals surface area (Å²) in [5, 5.41) is 7.64. The molecule has 42 heavy (non-hydrogen) atoms. The molecule has 0 bridgehead atoms. The second kappa shape index (κ2) is 14.2. The number of carbonyl (C=O) groups is 1. The van der Waals surface area contributed by atoms with E-state index in [9.17, 15) is 4.79 Å². The number of benzene rings is 3. The fourth-order valence-electron chi connectivity index (χ4n) is 5.53. The molecule has 0 radical (unpaired) electrons. The van der Waals surface area contributed by atoms with Crippen molar-refractivity contribution in [1.29, 1.82) is 5.41 Å². The van der Waals surface area contributed by atoms with Crippen LogP contribution in [0, 0.1) is 5.41 Å². The smallest absolute Gasteiger partial charge is 0.254 e. The van der Waals surface area contributed by atoms with E-state index in [1.54, 1.807) is 4.90 Å². The van der Waals surface area contributed by atoms with Crippen LogP contribution >= 0.6 is 0 Å². The van der Waals surface area contributed by atoms with Crippen LogP contribution in [0.3, 0.4) is 0 Å². The normalized spacial score (nSPS) is 13.8. The number of rotatable bonds is 13. The number of hydrogen-bond donors (Lipinski definition) is 3. The van der Waals surface area contributed by atoms with Crippen LogP contribution in [0.25, 0.3) is 11.0 Å². The molecular formula is C33H41N7O2. The van der Waals surface area contributed by atoms with Crippen molar-refractivity contribution in [3.63, 3.8) is 0 Å². The summed E-state index contributed by atoms with van der Waals surface area (Å²) in [7, 11) is 0. The fraction of sp³-hybridized carbons (Fsp3) is 0.364. The summed E-state index contributed by atoms with van der Waals surface area (Å²) in [6, 6.07) is 23.7. The van der Waals surface area contributed by atoms with Crippen LogP contribution in [0.15, 0.2) is 72.8 Å². The maximum absolute atomic E-state index is 13.6. The summed E-state index contributed by atoms with van der Waals surface area (Å²) in [6.07, 6.45) is 2.59. The Hall–Kier alpha value is -4.05. The largest absolute Gasteiger partial charge is 0.384 e. The Balaban J connectivity index is 1.37. The van der Waals surface area contributed by atoms with Crippen LogP contribution < -0.4 is 11.5 Å². The van der Waals surface area contributed by atoms with E-state index < -0.39 is 0 Å². The molecule has 1 saturated heterocycles. The van der Waals surface area contributed by atoms with E-state index in [1.807, 2.05) is 72.8 Å². The molecule has 9 nitrogen and oxygen atoms in total. The number of hydrogen-bond acceptors (Lipinski definition) is 6. The molecule has 1 aliphatic heterocycles. The summed E-state index contributed by atoms with van der Waals surface area (Å²) in [5.41, 5.74) is 17.0. The highest BCUT2D eigenvalue weighted by Gasteiger charge is 2.19. The Bertz CT molecular complexity index is 1480. The van der Waals surface area contributed by atoms with Gasteiger partial charge in [0.05, 0.1) is 24.2 Å². The van der Waals surface area contributed by atoms with Gasteiger partial charge >= 0.3 is 0 Å². The first-order valence-corrected chi connectivity index (χ1v) is 14.8. The molecule has 1 aromatic heterocycles. The van der Waals surface area contributed by atoms with Gasteiger partial charge in [0, 0.05) is 63.4 Å². The van der Waals surface area contributed by atoms with Gasteiger partial charge in [-0.2, -0.15) is 0 Å². The molecule has 0 spiro atoms. The topological polar surface area (TPSA) is 126 Å². The molecular weight excluding hydrogens is 526 g/mol. The number of aryl methyl sites for hydroxylation is 3. The zero-order valence-corrected chi connectivity index (χ0v) is 24.2. The first-order chi connectivity index (χ1) is 20.5. The molecule has 1 fully saturated rings. The van der Waals surface area contributed by atoms with Gasteiger partial charge in [-0.25, -0.2) is 4.98 Å². The molecule has 0 saturated carbocycles. The highest BCUT2D eigenvalue weighted by molar-refractivity contribution is 5.97. The van der Waals surface area contributed by atoms with Gasteiger partial charge in [-0.05, 0) is 42.2 Å². The minimum Gasteiger partial charge on any atom is -0.384 e. The molecule has 5 rings (SSSR count). The van der Waals surface area contributed by atoms with Crippen LogP contribution in [0.2, 0.25) is 0 Å². The van der Waals surface area contributed by atoms with Crippen molar-refractivity contribution in [2.24, 2.45) is 11.5 Å². The molecule has 0 unspecified atom stereocenters. The lowest BCUT2D eigenvalue weighted by Gasteiger charge is -2.26. The molecule has 0 atom stereocenters. The van der Waals surface area contributed by atoms with E-state index in [4.69, 9.17) is 26.6 Å². The zero-order valence-electron chi connectivity index (χ0n) is 24.2. The molecule has 4 aromatic rings. The number of morpholine rings is 1. The van der Waals surface area contributed by atoms with Gasteiger partial charge in [-0.3, -0.25) is 15.1 Å². The number of imidazole rings is 1. The molecule has 3 aromatic carbocycles. The summed E-state index contributed by atoms with van der Waals surface area (Å²) in [6.45, 7) is 6.80. The van der Waals surface area contributed by atoms with E-state index in [1.165, 1.54) is 5.56 Å². The van der Waals surface area contributed by atoms with Crippen molar-refractivity contribution in [3.8, 4) is 0 Å². The molecule has 220 valence electrons. The van der Waals surface area contributed by atoms with Crippen molar-refractivity contribution < 1.29 is 9.53 Å². The number of ether oxygens (including phenoxy) is 1. The second-order valence-electron chi connectivity index (χ2n) is 10.8. The lowest BCUT2D eigenvalue weighted by atomic mass is 10.1. The second-order valence-corrected chi connectivity index (χ2v) is 10.8. The van der Waals surface area contributed by atoms with Crippen LogP contribution in [-0.4, -0.2) is 77.0 Å². The number of aromatic nitrogens is 2. The number of carbonyl (C=O) groups excluding carboxylic acids is 1. The molecule has 2 heterocycles. The zero-order chi connectivity index (χ0) is 29.3. The van der Waals surface area contributed by atoms with E-state index >= 15 is 0 Å². The summed E-state index contributed by atoms with van der Waals surface area (Å²) >= 11 is 0. The number of nitrogen functional groups attached to an aromatic ring is 1. The molecule has 0 aliphatic carbocycles. The maximum atomic E-state index is 13.6. The van der Waals surface area contributed by atoms with Gasteiger partial charge in [0.2, 0.25) is 0 Å². The van der Waals surface area contributed by atoms with Crippen molar-refractivity contribution in [1.82, 2.24) is 19.4 Å². The number of amidine groups is 1. The standard InChI is InChI=1S/C33H41N7O2/c34-15-18-39(24-26-5-2-1-3-6-26)33(41)28-12-13-30-29(23-28)37-31(14-9-25-7-10-27(11-8-25)32(35)36)40(30)17-4-16-38-19-21-42-22-20-38/h1-3,5-8,10-13,23H,4,9,14-22,24,34H2,(H3,35,36). The molecule has 1 aliphatic rings. The Morgan fingerprint density at radius 3 is 2.38 bits per heavy atom. The molecule has 5 N–H and O–H groups in total. The minimum absolute atomic E-state index is 0.0415. The Morgan fingerprint density at radius 1 is 0.929 bits per heavy atom. The Morgan fingerprint density at radius 2 is 1.67 bits per heavy atom. The number of nitrogens with zero attached hydrogens (tertiary/aromatic N) is 4. The van der Waals surface area contributed by atoms with Crippen molar-refractivity contribution >= 4 is 22.8 Å². The highest BCUT2D eigenvalue weighted by Crippen LogP contribution is 2.22. The lowest BCUT2D eigenvalue weighted by molar-refractivity contribution is 0.0369. The van der Waals surface area contributed by atoms with Crippen molar-refractivity contribution in [2.75, 3.05) is 45.9 Å². The van der Waals surface area contributed by atoms with Crippen molar-refractivity contribution in [2.45, 2.75) is 32.4 Å². The van der Waals surface area contributed by atoms with E-state index in [-0.39, 0.29) is 11.7 Å². The third-order valence-electron chi connectivity index (χ3n) is 7.84. The molecule has 1 amide bonds. The first-order valence-electron chi connectivity index (χ1n) is 14.8. The quantitative estimate of drug-likeness (QED) is 0.168. The average Bonchev–Trinajstić information content (AvgIpc) is 3.37. The van der Waals surface area contributed by atoms with Gasteiger partial charge < -0.3 is 25.7 Å². The average molecular weight is 568 g/mol. The van der Waals surface area contributed by atoms with Crippen molar-refractivity contribution in [3.05, 3.63) is 101 Å². The third-order valence-corrected chi connectivity index (χ3v) is 7.84. The number of nitrogens with two attached hydrogens (primary N) is 2. The number of fused-ring (bicyclic) bond motifs is 1. The monoisotopic (exact) mass is 567 g/mol. The summed E-state index contributed by atoms with van der Waals surface area (Å²) < 4.78 is 7.82. The number of nitrogens with one attached hydrogen (secondary N) is 1. The predicted molar refractivity (Wildman–Crippen MR) is 167 cm³/mol. The van der Waals surface area contributed by atoms with Gasteiger partial charge in [-0.15, -0.1) is 0 Å².